The molecule has 1 aromatic carbocycles. The van der Waals surface area contributed by atoms with E-state index in [2.05, 4.69) is 15.2 Å². The molecule has 1 saturated heterocycles. The number of amides is 1. The number of carbonyl (C=O) groups excluding carboxylic acids is 1. The van der Waals surface area contributed by atoms with E-state index in [-0.39, 0.29) is 5.56 Å². The summed E-state index contributed by atoms with van der Waals surface area (Å²) in [7, 11) is 0. The predicted octanol–water partition coefficient (Wildman–Crippen LogP) is 3.66. The minimum atomic E-state index is -0.756. The van der Waals surface area contributed by atoms with Crippen molar-refractivity contribution in [2.75, 3.05) is 18.4 Å². The van der Waals surface area contributed by atoms with Crippen molar-refractivity contribution in [1.82, 2.24) is 9.88 Å². The third kappa shape index (κ3) is 4.11. The van der Waals surface area contributed by atoms with Gasteiger partial charge >= 0.3 is 0 Å². The predicted molar refractivity (Wildman–Crippen MR) is 85.6 cm³/mol. The highest BCUT2D eigenvalue weighted by Gasteiger charge is 2.16. The van der Waals surface area contributed by atoms with E-state index in [1.807, 2.05) is 5.38 Å². The molecule has 2 heterocycles. The van der Waals surface area contributed by atoms with Gasteiger partial charge in [0.1, 0.15) is 11.6 Å². The van der Waals surface area contributed by atoms with Crippen LogP contribution >= 0.6 is 11.3 Å². The van der Waals surface area contributed by atoms with E-state index in [1.54, 1.807) is 0 Å². The topological polar surface area (TPSA) is 45.2 Å². The van der Waals surface area contributed by atoms with Crippen molar-refractivity contribution in [1.29, 1.82) is 0 Å². The number of benzene rings is 1. The maximum atomic E-state index is 13.6. The van der Waals surface area contributed by atoms with Gasteiger partial charge in [0, 0.05) is 11.9 Å². The van der Waals surface area contributed by atoms with E-state index in [1.165, 1.54) is 30.6 Å². The van der Waals surface area contributed by atoms with Gasteiger partial charge in [-0.3, -0.25) is 15.0 Å². The zero-order chi connectivity index (χ0) is 16.2. The Hall–Kier alpha value is -1.86. The van der Waals surface area contributed by atoms with Crippen LogP contribution in [0.5, 0.6) is 0 Å². The first-order valence-electron chi connectivity index (χ1n) is 7.55. The maximum Gasteiger partial charge on any atom is 0.260 e. The number of rotatable bonds is 4. The molecule has 0 radical (unpaired) electrons. The van der Waals surface area contributed by atoms with E-state index < -0.39 is 17.5 Å². The molecule has 0 aliphatic carbocycles. The van der Waals surface area contributed by atoms with Crippen LogP contribution in [0.15, 0.2) is 23.6 Å². The molecule has 0 atom stereocenters. The molecule has 1 aliphatic heterocycles. The van der Waals surface area contributed by atoms with Gasteiger partial charge in [-0.15, -0.1) is 11.3 Å². The standard InChI is InChI=1S/C16H17F2N3OS/c17-11-4-5-14(18)13(8-11)15(22)20-16-19-12(10-23-16)9-21-6-2-1-3-7-21/h4-5,8,10H,1-3,6-7,9H2,(H,19,20,22). The number of nitrogens with zero attached hydrogens (tertiary/aromatic N) is 2. The quantitative estimate of drug-likeness (QED) is 0.926. The fourth-order valence-electron chi connectivity index (χ4n) is 2.62. The second-order valence-corrected chi connectivity index (χ2v) is 6.42. The summed E-state index contributed by atoms with van der Waals surface area (Å²) >= 11 is 1.29. The normalized spacial score (nSPS) is 15.6. The number of likely N-dealkylation sites (tertiary alicyclic amines) is 1. The van der Waals surface area contributed by atoms with Gasteiger partial charge in [-0.25, -0.2) is 13.8 Å². The second kappa shape index (κ2) is 7.14. The second-order valence-electron chi connectivity index (χ2n) is 5.56. The van der Waals surface area contributed by atoms with Gasteiger partial charge in [0.2, 0.25) is 0 Å². The number of thiazole rings is 1. The minimum Gasteiger partial charge on any atom is -0.298 e. The van der Waals surface area contributed by atoms with Gasteiger partial charge < -0.3 is 0 Å². The highest BCUT2D eigenvalue weighted by Crippen LogP contribution is 2.20. The molecule has 0 spiro atoms. The number of aromatic nitrogens is 1. The van der Waals surface area contributed by atoms with Crippen LogP contribution in [0.4, 0.5) is 13.9 Å². The summed E-state index contributed by atoms with van der Waals surface area (Å²) in [5.74, 6) is -2.10. The highest BCUT2D eigenvalue weighted by atomic mass is 32.1. The SMILES string of the molecule is O=C(Nc1nc(CN2CCCCC2)cs1)c1cc(F)ccc1F. The molecular weight excluding hydrogens is 320 g/mol. The molecule has 4 nitrogen and oxygen atoms in total. The molecule has 23 heavy (non-hydrogen) atoms. The third-order valence-corrected chi connectivity index (χ3v) is 4.59. The van der Waals surface area contributed by atoms with Crippen LogP contribution in [0.2, 0.25) is 0 Å². The molecule has 7 heteroatoms. The number of carbonyl (C=O) groups is 1. The lowest BCUT2D eigenvalue weighted by Crippen LogP contribution is -2.29. The molecule has 3 rings (SSSR count). The van der Waals surface area contributed by atoms with Crippen LogP contribution in [0.1, 0.15) is 35.3 Å². The van der Waals surface area contributed by atoms with Gasteiger partial charge in [0.05, 0.1) is 11.3 Å². The number of anilines is 1. The lowest BCUT2D eigenvalue weighted by Gasteiger charge is -2.25. The molecule has 2 aromatic rings. The van der Waals surface area contributed by atoms with Crippen molar-refractivity contribution in [3.8, 4) is 0 Å². The van der Waals surface area contributed by atoms with Gasteiger partial charge in [0.15, 0.2) is 5.13 Å². The van der Waals surface area contributed by atoms with Crippen molar-refractivity contribution >= 4 is 22.4 Å². The molecule has 0 saturated carbocycles. The Morgan fingerprint density at radius 2 is 2.04 bits per heavy atom. The van der Waals surface area contributed by atoms with Crippen molar-refractivity contribution in [2.24, 2.45) is 0 Å². The summed E-state index contributed by atoms with van der Waals surface area (Å²) in [6.45, 7) is 2.88. The monoisotopic (exact) mass is 337 g/mol. The summed E-state index contributed by atoms with van der Waals surface area (Å²) in [5.41, 5.74) is 0.560. The van der Waals surface area contributed by atoms with Crippen molar-refractivity contribution < 1.29 is 13.6 Å². The summed E-state index contributed by atoms with van der Waals surface area (Å²) < 4.78 is 26.7. The number of halogens is 2. The van der Waals surface area contributed by atoms with Crippen LogP contribution in [0, 0.1) is 11.6 Å². The summed E-state index contributed by atoms with van der Waals surface area (Å²) in [5, 5.41) is 4.80. The molecular formula is C16H17F2N3OS. The van der Waals surface area contributed by atoms with Crippen LogP contribution in [-0.2, 0) is 6.54 Å². The maximum absolute atomic E-state index is 13.6. The first kappa shape index (κ1) is 16.0. The largest absolute Gasteiger partial charge is 0.298 e. The van der Waals surface area contributed by atoms with E-state index in [4.69, 9.17) is 0 Å². The van der Waals surface area contributed by atoms with E-state index in [9.17, 15) is 13.6 Å². The summed E-state index contributed by atoms with van der Waals surface area (Å²) in [4.78, 5) is 18.7. The average molecular weight is 337 g/mol. The first-order chi connectivity index (χ1) is 11.1. The summed E-state index contributed by atoms with van der Waals surface area (Å²) in [6.07, 6.45) is 3.67. The zero-order valence-corrected chi connectivity index (χ0v) is 13.3. The van der Waals surface area contributed by atoms with Crippen LogP contribution in [0.25, 0.3) is 0 Å². The molecule has 1 N–H and O–H groups in total. The molecule has 1 fully saturated rings. The van der Waals surface area contributed by atoms with Crippen molar-refractivity contribution in [2.45, 2.75) is 25.8 Å². The van der Waals surface area contributed by atoms with Gasteiger partial charge in [-0.2, -0.15) is 0 Å². The molecule has 1 aliphatic rings. The van der Waals surface area contributed by atoms with Crippen molar-refractivity contribution in [3.05, 3.63) is 46.5 Å². The number of hydrogen-bond acceptors (Lipinski definition) is 4. The number of nitrogens with one attached hydrogen (secondary N) is 1. The Labute approximate surface area is 137 Å². The Bertz CT molecular complexity index is 698. The molecule has 122 valence electrons. The third-order valence-electron chi connectivity index (χ3n) is 3.78. The van der Waals surface area contributed by atoms with Crippen molar-refractivity contribution in [3.63, 3.8) is 0 Å². The Balaban J connectivity index is 1.64. The van der Waals surface area contributed by atoms with E-state index >= 15 is 0 Å². The Morgan fingerprint density at radius 1 is 1.26 bits per heavy atom. The van der Waals surface area contributed by atoms with Crippen LogP contribution in [-0.4, -0.2) is 28.9 Å². The number of piperidine rings is 1. The molecule has 0 unspecified atom stereocenters. The lowest BCUT2D eigenvalue weighted by atomic mass is 10.1. The summed E-state index contributed by atoms with van der Waals surface area (Å²) in [6, 6.07) is 2.80. The Morgan fingerprint density at radius 3 is 2.83 bits per heavy atom. The van der Waals surface area contributed by atoms with Crippen LogP contribution < -0.4 is 5.32 Å². The van der Waals surface area contributed by atoms with E-state index in [0.29, 0.717) is 5.13 Å². The Kier molecular flexibility index (Phi) is 4.97. The van der Waals surface area contributed by atoms with E-state index in [0.717, 1.165) is 43.5 Å². The van der Waals surface area contributed by atoms with Gasteiger partial charge in [-0.1, -0.05) is 6.42 Å². The molecule has 1 amide bonds. The fraction of sp³-hybridized carbons (Fsp3) is 0.375. The first-order valence-corrected chi connectivity index (χ1v) is 8.43. The number of hydrogen-bond donors (Lipinski definition) is 1. The van der Waals surface area contributed by atoms with Crippen LogP contribution in [0.3, 0.4) is 0 Å². The minimum absolute atomic E-state index is 0.321. The zero-order valence-electron chi connectivity index (χ0n) is 12.5. The fourth-order valence-corrected chi connectivity index (χ4v) is 3.32. The molecule has 1 aromatic heterocycles. The molecule has 0 bridgehead atoms. The highest BCUT2D eigenvalue weighted by molar-refractivity contribution is 7.13. The lowest BCUT2D eigenvalue weighted by molar-refractivity contribution is 0.102. The van der Waals surface area contributed by atoms with Gasteiger partial charge in [-0.05, 0) is 44.1 Å². The average Bonchev–Trinajstić information content (AvgIpc) is 2.97. The smallest absolute Gasteiger partial charge is 0.260 e. The van der Waals surface area contributed by atoms with Gasteiger partial charge in [0.25, 0.3) is 5.91 Å².